The number of aromatic carboxylic acids is 1. The molecule has 2 N–H and O–H groups in total. The zero-order valence-electron chi connectivity index (χ0n) is 17.9. The third-order valence-corrected chi connectivity index (χ3v) is 5.66. The molecule has 2 heterocycles. The van der Waals surface area contributed by atoms with E-state index in [2.05, 4.69) is 13.8 Å². The Labute approximate surface area is 175 Å². The van der Waals surface area contributed by atoms with Gasteiger partial charge in [-0.25, -0.2) is 4.79 Å². The number of aromatic hydroxyl groups is 1. The zero-order chi connectivity index (χ0) is 22.0. The molecule has 7 nitrogen and oxygen atoms in total. The highest BCUT2D eigenvalue weighted by Crippen LogP contribution is 2.43. The molecule has 2 aromatic rings. The number of benzene rings is 1. The zero-order valence-corrected chi connectivity index (χ0v) is 17.9. The van der Waals surface area contributed by atoms with Gasteiger partial charge in [0.2, 0.25) is 0 Å². The largest absolute Gasteiger partial charge is 0.504 e. The molecule has 0 spiro atoms. The molecule has 1 aliphatic rings. The van der Waals surface area contributed by atoms with E-state index in [-0.39, 0.29) is 23.3 Å². The average Bonchev–Trinajstić information content (AvgIpc) is 2.70. The standard InChI is InChI=1S/C23H29NO6/c1-5-15-21-16-11-19(25)20(30-8-6-7-29-4)10-14(16)9-18(13(2)3)24(21)12-17(22(15)26)23(27)28/h10-13,18,25H,5-9H2,1-4H3,(H,27,28). The van der Waals surface area contributed by atoms with Gasteiger partial charge in [0.15, 0.2) is 16.9 Å². The molecule has 0 radical (unpaired) electrons. The highest BCUT2D eigenvalue weighted by atomic mass is 16.5. The first-order valence-electron chi connectivity index (χ1n) is 10.3. The van der Waals surface area contributed by atoms with Gasteiger partial charge in [0, 0.05) is 43.5 Å². The minimum absolute atomic E-state index is 0.00229. The molecule has 1 aromatic carbocycles. The van der Waals surface area contributed by atoms with E-state index in [1.54, 1.807) is 13.2 Å². The maximum atomic E-state index is 12.9. The Balaban J connectivity index is 2.18. The molecule has 0 bridgehead atoms. The van der Waals surface area contributed by atoms with Crippen LogP contribution in [0.2, 0.25) is 0 Å². The van der Waals surface area contributed by atoms with E-state index < -0.39 is 11.4 Å². The van der Waals surface area contributed by atoms with Crippen molar-refractivity contribution in [1.29, 1.82) is 0 Å². The van der Waals surface area contributed by atoms with Crippen LogP contribution in [0.15, 0.2) is 23.1 Å². The van der Waals surface area contributed by atoms with Crippen molar-refractivity contribution in [3.63, 3.8) is 0 Å². The number of aromatic nitrogens is 1. The summed E-state index contributed by atoms with van der Waals surface area (Å²) in [4.78, 5) is 24.5. The minimum Gasteiger partial charge on any atom is -0.504 e. The second-order valence-corrected chi connectivity index (χ2v) is 7.95. The van der Waals surface area contributed by atoms with Crippen molar-refractivity contribution in [2.75, 3.05) is 20.3 Å². The van der Waals surface area contributed by atoms with E-state index >= 15 is 0 Å². The molecule has 1 atom stereocenters. The summed E-state index contributed by atoms with van der Waals surface area (Å²) >= 11 is 0. The molecule has 3 rings (SSSR count). The lowest BCUT2D eigenvalue weighted by molar-refractivity contribution is 0.0694. The Kier molecular flexibility index (Phi) is 6.51. The van der Waals surface area contributed by atoms with E-state index in [9.17, 15) is 19.8 Å². The number of carbonyl (C=O) groups is 1. The van der Waals surface area contributed by atoms with Gasteiger partial charge in [-0.3, -0.25) is 4.79 Å². The second-order valence-electron chi connectivity index (χ2n) is 7.95. The van der Waals surface area contributed by atoms with Crippen LogP contribution in [-0.4, -0.2) is 41.1 Å². The number of hydrogen-bond donors (Lipinski definition) is 2. The van der Waals surface area contributed by atoms with Crippen molar-refractivity contribution in [2.45, 2.75) is 46.1 Å². The first-order valence-corrected chi connectivity index (χ1v) is 10.3. The summed E-state index contributed by atoms with van der Waals surface area (Å²) in [6.45, 7) is 6.99. The molecular formula is C23H29NO6. The maximum absolute atomic E-state index is 12.9. The molecule has 0 amide bonds. The van der Waals surface area contributed by atoms with Crippen LogP contribution in [0.25, 0.3) is 11.3 Å². The van der Waals surface area contributed by atoms with Crippen LogP contribution in [0.5, 0.6) is 11.5 Å². The van der Waals surface area contributed by atoms with Gasteiger partial charge in [-0.2, -0.15) is 0 Å². The molecule has 1 aliphatic heterocycles. The van der Waals surface area contributed by atoms with E-state index in [4.69, 9.17) is 9.47 Å². The van der Waals surface area contributed by atoms with Crippen molar-refractivity contribution in [3.8, 4) is 22.8 Å². The molecule has 0 fully saturated rings. The Hall–Kier alpha value is -2.80. The number of fused-ring (bicyclic) bond motifs is 3. The summed E-state index contributed by atoms with van der Waals surface area (Å²) in [5.74, 6) is -0.604. The quantitative estimate of drug-likeness (QED) is 0.639. The van der Waals surface area contributed by atoms with Crippen molar-refractivity contribution in [1.82, 2.24) is 4.57 Å². The summed E-state index contributed by atoms with van der Waals surface area (Å²) in [5, 5.41) is 20.1. The number of hydrogen-bond acceptors (Lipinski definition) is 5. The van der Waals surface area contributed by atoms with Gasteiger partial charge < -0.3 is 24.3 Å². The Morgan fingerprint density at radius 1 is 1.30 bits per heavy atom. The molecule has 1 unspecified atom stereocenters. The summed E-state index contributed by atoms with van der Waals surface area (Å²) in [5.41, 5.74) is 2.19. The molecule has 1 aromatic heterocycles. The highest BCUT2D eigenvalue weighted by molar-refractivity contribution is 5.88. The fourth-order valence-electron chi connectivity index (χ4n) is 4.11. The smallest absolute Gasteiger partial charge is 0.341 e. The fraction of sp³-hybridized carbons (Fsp3) is 0.478. The lowest BCUT2D eigenvalue weighted by Gasteiger charge is -2.35. The van der Waals surface area contributed by atoms with Crippen molar-refractivity contribution in [3.05, 3.63) is 45.2 Å². The molecule has 0 aliphatic carbocycles. The topological polar surface area (TPSA) is 98.0 Å². The number of carboxylic acids is 1. The third-order valence-electron chi connectivity index (χ3n) is 5.66. The molecule has 30 heavy (non-hydrogen) atoms. The predicted molar refractivity (Wildman–Crippen MR) is 114 cm³/mol. The lowest BCUT2D eigenvalue weighted by Crippen LogP contribution is -2.31. The molecule has 0 saturated heterocycles. The number of nitrogens with zero attached hydrogens (tertiary/aromatic N) is 1. The van der Waals surface area contributed by atoms with Gasteiger partial charge in [-0.1, -0.05) is 20.8 Å². The van der Waals surface area contributed by atoms with Gasteiger partial charge in [0.1, 0.15) is 5.56 Å². The van der Waals surface area contributed by atoms with E-state index in [1.165, 1.54) is 6.20 Å². The van der Waals surface area contributed by atoms with Crippen molar-refractivity contribution >= 4 is 5.97 Å². The number of phenolic OH excluding ortho intramolecular Hbond substituents is 1. The summed E-state index contributed by atoms with van der Waals surface area (Å²) in [6, 6.07) is 3.45. The second kappa shape index (κ2) is 8.92. The summed E-state index contributed by atoms with van der Waals surface area (Å²) in [6.07, 6.45) is 3.21. The van der Waals surface area contributed by atoms with Gasteiger partial charge in [0.05, 0.1) is 12.3 Å². The molecule has 7 heteroatoms. The normalized spacial score (nSPS) is 15.0. The molecular weight excluding hydrogens is 386 g/mol. The highest BCUT2D eigenvalue weighted by Gasteiger charge is 2.31. The molecule has 162 valence electrons. The first-order chi connectivity index (χ1) is 14.3. The Morgan fingerprint density at radius 2 is 2.03 bits per heavy atom. The monoisotopic (exact) mass is 415 g/mol. The predicted octanol–water partition coefficient (Wildman–Crippen LogP) is 3.65. The summed E-state index contributed by atoms with van der Waals surface area (Å²) in [7, 11) is 1.63. The maximum Gasteiger partial charge on any atom is 0.341 e. The van der Waals surface area contributed by atoms with Crippen LogP contribution >= 0.6 is 0 Å². The van der Waals surface area contributed by atoms with Crippen LogP contribution in [0, 0.1) is 5.92 Å². The van der Waals surface area contributed by atoms with Gasteiger partial charge in [0.25, 0.3) is 0 Å². The van der Waals surface area contributed by atoms with E-state index in [0.717, 1.165) is 11.1 Å². The van der Waals surface area contributed by atoms with Gasteiger partial charge in [-0.15, -0.1) is 0 Å². The van der Waals surface area contributed by atoms with Crippen molar-refractivity contribution < 1.29 is 24.5 Å². The van der Waals surface area contributed by atoms with Crippen LogP contribution in [0.4, 0.5) is 0 Å². The van der Waals surface area contributed by atoms with E-state index in [0.29, 0.717) is 49.5 Å². The summed E-state index contributed by atoms with van der Waals surface area (Å²) < 4.78 is 12.7. The molecule has 0 saturated carbocycles. The van der Waals surface area contributed by atoms with Gasteiger partial charge in [-0.05, 0) is 36.5 Å². The van der Waals surface area contributed by atoms with Crippen molar-refractivity contribution in [2.24, 2.45) is 5.92 Å². The van der Waals surface area contributed by atoms with Gasteiger partial charge >= 0.3 is 5.97 Å². The SMILES string of the molecule is CCc1c2n(cc(C(=O)O)c1=O)C(C(C)C)Cc1cc(OCCCOC)c(O)cc1-2. The first kappa shape index (κ1) is 21.9. The van der Waals surface area contributed by atoms with Crippen LogP contribution in [0.1, 0.15) is 54.7 Å². The van der Waals surface area contributed by atoms with Crippen LogP contribution < -0.4 is 10.2 Å². The number of rotatable bonds is 8. The minimum atomic E-state index is -1.22. The number of carboxylic acid groups (broad SMARTS) is 1. The number of phenols is 1. The van der Waals surface area contributed by atoms with E-state index in [1.807, 2.05) is 17.6 Å². The number of pyridine rings is 1. The number of methoxy groups -OCH3 is 1. The fourth-order valence-corrected chi connectivity index (χ4v) is 4.11. The Morgan fingerprint density at radius 3 is 2.63 bits per heavy atom. The number of ether oxygens (including phenoxy) is 2. The van der Waals surface area contributed by atoms with Crippen LogP contribution in [-0.2, 0) is 17.6 Å². The lowest BCUT2D eigenvalue weighted by atomic mass is 9.85. The average molecular weight is 415 g/mol. The third kappa shape index (κ3) is 3.94. The van der Waals surface area contributed by atoms with Crippen LogP contribution in [0.3, 0.4) is 0 Å². The Bertz CT molecular complexity index is 1010.